The number of nitrogens with one attached hydrogen (secondary N) is 1. The van der Waals surface area contributed by atoms with Crippen LogP contribution in [0.3, 0.4) is 0 Å². The van der Waals surface area contributed by atoms with Gasteiger partial charge in [0.05, 0.1) is 6.10 Å². The monoisotopic (exact) mass is 205 g/mol. The third kappa shape index (κ3) is 4.07. The number of pyridine rings is 1. The average Bonchev–Trinajstić information content (AvgIpc) is 2.29. The highest BCUT2D eigenvalue weighted by atomic mass is 16.5. The van der Waals surface area contributed by atoms with E-state index in [2.05, 4.69) is 10.3 Å². The highest BCUT2D eigenvalue weighted by Gasteiger charge is 1.99. The summed E-state index contributed by atoms with van der Waals surface area (Å²) >= 11 is 0. The van der Waals surface area contributed by atoms with Gasteiger partial charge >= 0.3 is 0 Å². The van der Waals surface area contributed by atoms with Crippen LogP contribution in [0.15, 0.2) is 18.3 Å². The SMILES string of the molecule is COC(C)CNCc1ccnc(C#N)c1. The van der Waals surface area contributed by atoms with Gasteiger partial charge in [-0.1, -0.05) is 0 Å². The highest BCUT2D eigenvalue weighted by Crippen LogP contribution is 2.00. The fraction of sp³-hybridized carbons (Fsp3) is 0.455. The predicted octanol–water partition coefficient (Wildman–Crippen LogP) is 1.08. The summed E-state index contributed by atoms with van der Waals surface area (Å²) in [6.45, 7) is 3.52. The molecule has 1 aromatic heterocycles. The zero-order valence-electron chi connectivity index (χ0n) is 9.03. The van der Waals surface area contributed by atoms with Crippen molar-refractivity contribution < 1.29 is 4.74 Å². The van der Waals surface area contributed by atoms with E-state index in [4.69, 9.17) is 10.00 Å². The van der Waals surface area contributed by atoms with E-state index in [0.29, 0.717) is 5.69 Å². The number of nitriles is 1. The van der Waals surface area contributed by atoms with Gasteiger partial charge in [0.2, 0.25) is 0 Å². The molecule has 15 heavy (non-hydrogen) atoms. The zero-order chi connectivity index (χ0) is 11.1. The van der Waals surface area contributed by atoms with Crippen LogP contribution in [0.1, 0.15) is 18.2 Å². The van der Waals surface area contributed by atoms with Gasteiger partial charge in [-0.3, -0.25) is 0 Å². The summed E-state index contributed by atoms with van der Waals surface area (Å²) in [5, 5.41) is 11.9. The van der Waals surface area contributed by atoms with Crippen molar-refractivity contribution in [3.05, 3.63) is 29.6 Å². The maximum atomic E-state index is 8.66. The molecule has 0 saturated carbocycles. The van der Waals surface area contributed by atoms with Crippen LogP contribution in [0.2, 0.25) is 0 Å². The van der Waals surface area contributed by atoms with Crippen LogP contribution in [-0.4, -0.2) is 24.7 Å². The Labute approximate surface area is 89.9 Å². The number of ether oxygens (including phenoxy) is 1. The zero-order valence-corrected chi connectivity index (χ0v) is 9.03. The van der Waals surface area contributed by atoms with E-state index in [0.717, 1.165) is 18.7 Å². The molecule has 80 valence electrons. The van der Waals surface area contributed by atoms with E-state index in [-0.39, 0.29) is 6.10 Å². The van der Waals surface area contributed by atoms with Crippen LogP contribution in [-0.2, 0) is 11.3 Å². The van der Waals surface area contributed by atoms with Crippen molar-refractivity contribution >= 4 is 0 Å². The highest BCUT2D eigenvalue weighted by molar-refractivity contribution is 5.25. The van der Waals surface area contributed by atoms with Crippen LogP contribution in [0.25, 0.3) is 0 Å². The summed E-state index contributed by atoms with van der Waals surface area (Å²) in [7, 11) is 1.69. The number of hydrogen-bond donors (Lipinski definition) is 1. The standard InChI is InChI=1S/C11H15N3O/c1-9(15-2)7-13-8-10-3-4-14-11(5-10)6-12/h3-5,9,13H,7-8H2,1-2H3. The fourth-order valence-corrected chi connectivity index (χ4v) is 1.15. The molecule has 1 aromatic rings. The number of rotatable bonds is 5. The fourth-order valence-electron chi connectivity index (χ4n) is 1.15. The van der Waals surface area contributed by atoms with E-state index in [9.17, 15) is 0 Å². The Hall–Kier alpha value is -1.44. The molecule has 4 heteroatoms. The lowest BCUT2D eigenvalue weighted by molar-refractivity contribution is 0.117. The summed E-state index contributed by atoms with van der Waals surface area (Å²) in [4.78, 5) is 3.90. The lowest BCUT2D eigenvalue weighted by Gasteiger charge is -2.10. The van der Waals surface area contributed by atoms with Gasteiger partial charge in [-0.15, -0.1) is 0 Å². The average molecular weight is 205 g/mol. The van der Waals surface area contributed by atoms with Crippen molar-refractivity contribution in [2.45, 2.75) is 19.6 Å². The first kappa shape index (κ1) is 11.6. The van der Waals surface area contributed by atoms with Gasteiger partial charge in [0.1, 0.15) is 11.8 Å². The maximum absolute atomic E-state index is 8.66. The Kier molecular flexibility index (Phi) is 4.75. The molecule has 1 atom stereocenters. The molecule has 1 rings (SSSR count). The van der Waals surface area contributed by atoms with E-state index in [1.165, 1.54) is 0 Å². The topological polar surface area (TPSA) is 57.9 Å². The van der Waals surface area contributed by atoms with Crippen LogP contribution >= 0.6 is 0 Å². The van der Waals surface area contributed by atoms with Crippen molar-refractivity contribution in [3.63, 3.8) is 0 Å². The lowest BCUT2D eigenvalue weighted by Crippen LogP contribution is -2.25. The number of nitrogens with zero attached hydrogens (tertiary/aromatic N) is 2. The molecule has 1 unspecified atom stereocenters. The van der Waals surface area contributed by atoms with E-state index >= 15 is 0 Å². The molecule has 0 bridgehead atoms. The molecule has 0 aliphatic heterocycles. The number of aromatic nitrogens is 1. The Morgan fingerprint density at radius 2 is 2.47 bits per heavy atom. The number of methoxy groups -OCH3 is 1. The van der Waals surface area contributed by atoms with Crippen LogP contribution < -0.4 is 5.32 Å². The van der Waals surface area contributed by atoms with Gasteiger partial charge in [0, 0.05) is 26.4 Å². The Morgan fingerprint density at radius 3 is 3.13 bits per heavy atom. The Bertz CT molecular complexity index is 346. The smallest absolute Gasteiger partial charge is 0.140 e. The molecule has 0 fully saturated rings. The molecule has 0 amide bonds. The summed E-state index contributed by atoms with van der Waals surface area (Å²) in [5.74, 6) is 0. The third-order valence-electron chi connectivity index (χ3n) is 2.10. The first-order chi connectivity index (χ1) is 7.26. The minimum absolute atomic E-state index is 0.197. The second-order valence-corrected chi connectivity index (χ2v) is 3.34. The molecule has 0 aliphatic rings. The lowest BCUT2D eigenvalue weighted by atomic mass is 10.2. The summed E-state index contributed by atoms with van der Waals surface area (Å²) in [5.41, 5.74) is 1.51. The van der Waals surface area contributed by atoms with Crippen LogP contribution in [0, 0.1) is 11.3 Å². The predicted molar refractivity (Wildman–Crippen MR) is 57.1 cm³/mol. The Balaban J connectivity index is 2.41. The second kappa shape index (κ2) is 6.12. The van der Waals surface area contributed by atoms with E-state index in [1.807, 2.05) is 19.1 Å². The minimum Gasteiger partial charge on any atom is -0.380 e. The van der Waals surface area contributed by atoms with Gasteiger partial charge in [-0.25, -0.2) is 4.98 Å². The van der Waals surface area contributed by atoms with E-state index < -0.39 is 0 Å². The van der Waals surface area contributed by atoms with Crippen molar-refractivity contribution in [2.24, 2.45) is 0 Å². The molecule has 0 saturated heterocycles. The van der Waals surface area contributed by atoms with Gasteiger partial charge in [-0.05, 0) is 24.6 Å². The van der Waals surface area contributed by atoms with Crippen LogP contribution in [0.4, 0.5) is 0 Å². The molecule has 0 aromatic carbocycles. The second-order valence-electron chi connectivity index (χ2n) is 3.34. The van der Waals surface area contributed by atoms with Crippen molar-refractivity contribution in [1.82, 2.24) is 10.3 Å². The van der Waals surface area contributed by atoms with Gasteiger partial charge in [0.25, 0.3) is 0 Å². The molecular weight excluding hydrogens is 190 g/mol. The molecule has 0 aliphatic carbocycles. The van der Waals surface area contributed by atoms with Gasteiger partial charge < -0.3 is 10.1 Å². The summed E-state index contributed by atoms with van der Waals surface area (Å²) in [6.07, 6.45) is 1.84. The summed E-state index contributed by atoms with van der Waals surface area (Å²) in [6, 6.07) is 5.69. The quantitative estimate of drug-likeness (QED) is 0.781. The molecule has 4 nitrogen and oxygen atoms in total. The molecule has 0 spiro atoms. The van der Waals surface area contributed by atoms with Crippen molar-refractivity contribution in [3.8, 4) is 6.07 Å². The van der Waals surface area contributed by atoms with Gasteiger partial charge in [0.15, 0.2) is 0 Å². The maximum Gasteiger partial charge on any atom is 0.140 e. The minimum atomic E-state index is 0.197. The largest absolute Gasteiger partial charge is 0.380 e. The first-order valence-electron chi connectivity index (χ1n) is 4.84. The van der Waals surface area contributed by atoms with Crippen LogP contribution in [0.5, 0.6) is 0 Å². The molecular formula is C11H15N3O. The van der Waals surface area contributed by atoms with Crippen molar-refractivity contribution in [2.75, 3.05) is 13.7 Å². The van der Waals surface area contributed by atoms with Crippen molar-refractivity contribution in [1.29, 1.82) is 5.26 Å². The number of hydrogen-bond acceptors (Lipinski definition) is 4. The summed E-state index contributed by atoms with van der Waals surface area (Å²) < 4.78 is 5.11. The normalized spacial score (nSPS) is 12.1. The molecule has 0 radical (unpaired) electrons. The van der Waals surface area contributed by atoms with E-state index in [1.54, 1.807) is 19.4 Å². The van der Waals surface area contributed by atoms with Gasteiger partial charge in [-0.2, -0.15) is 5.26 Å². The molecule has 1 heterocycles. The third-order valence-corrected chi connectivity index (χ3v) is 2.10. The first-order valence-corrected chi connectivity index (χ1v) is 4.84. The Morgan fingerprint density at radius 1 is 1.67 bits per heavy atom. The molecule has 1 N–H and O–H groups in total.